The van der Waals surface area contributed by atoms with Crippen molar-refractivity contribution in [3.8, 4) is 0 Å². The van der Waals surface area contributed by atoms with Crippen molar-refractivity contribution in [2.45, 2.75) is 112 Å². The van der Waals surface area contributed by atoms with Gasteiger partial charge in [0, 0.05) is 47.0 Å². The molecule has 33 heavy (non-hydrogen) atoms. The van der Waals surface area contributed by atoms with Crippen LogP contribution in [0.4, 0.5) is 0 Å². The van der Waals surface area contributed by atoms with E-state index in [-0.39, 0.29) is 0 Å². The number of aliphatic carboxylic acids is 3. The number of carboxylic acids is 3. The molecule has 0 amide bonds. The van der Waals surface area contributed by atoms with Crippen LogP contribution in [0, 0.1) is 0 Å². The Hall–Kier alpha value is -1.71. The number of nitrogens with two attached hydrogens (primary N) is 2. The quantitative estimate of drug-likeness (QED) is 0.184. The van der Waals surface area contributed by atoms with Crippen molar-refractivity contribution < 1.29 is 29.7 Å². The molecule has 0 aromatic rings. The highest BCUT2D eigenvalue weighted by Gasteiger charge is 1.91. The van der Waals surface area contributed by atoms with E-state index in [1.54, 1.807) is 0 Å². The summed E-state index contributed by atoms with van der Waals surface area (Å²) < 4.78 is 0. The van der Waals surface area contributed by atoms with Crippen LogP contribution in [0.5, 0.6) is 0 Å². The van der Waals surface area contributed by atoms with E-state index in [0.29, 0.717) is 13.1 Å². The van der Waals surface area contributed by atoms with Crippen molar-refractivity contribution in [1.29, 1.82) is 0 Å². The van der Waals surface area contributed by atoms with Crippen molar-refractivity contribution in [3.63, 3.8) is 0 Å². The highest BCUT2D eigenvalue weighted by atomic mass is 16.4. The lowest BCUT2D eigenvalue weighted by atomic mass is 10.1. The van der Waals surface area contributed by atoms with Crippen LogP contribution in [0.25, 0.3) is 0 Å². The number of nitrogens with one attached hydrogen (secondary N) is 1. The molecule has 0 unspecified atom stereocenters. The molecule has 0 saturated carbocycles. The summed E-state index contributed by atoms with van der Waals surface area (Å²) in [5.74, 6) is -2.50. The van der Waals surface area contributed by atoms with Gasteiger partial charge in [-0.2, -0.15) is 0 Å². The van der Waals surface area contributed by atoms with Crippen molar-refractivity contribution in [1.82, 2.24) is 5.32 Å². The van der Waals surface area contributed by atoms with Gasteiger partial charge in [0.15, 0.2) is 0 Å². The fourth-order valence-corrected chi connectivity index (χ4v) is 2.24. The standard InChI is InChI=1S/C14H30.C4H13N3.3C2H4O2/c1-3-5-7-9-11-13-14-12-10-8-6-4-2;5-1-3-7-4-2-6;3*1-2(3)4/h3-14H2,1-2H3;7H,1-6H2;3*1H3,(H,3,4). The second-order valence-electron chi connectivity index (χ2n) is 7.42. The normalized spacial score (nSPS) is 8.82. The molecular weight excluding hydrogens is 426 g/mol. The predicted molar refractivity (Wildman–Crippen MR) is 138 cm³/mol. The molecule has 0 saturated heterocycles. The van der Waals surface area contributed by atoms with Gasteiger partial charge in [0.05, 0.1) is 0 Å². The zero-order valence-electron chi connectivity index (χ0n) is 22.0. The van der Waals surface area contributed by atoms with Crippen molar-refractivity contribution >= 4 is 17.9 Å². The largest absolute Gasteiger partial charge is 0.481 e. The van der Waals surface area contributed by atoms with Gasteiger partial charge in [-0.15, -0.1) is 0 Å². The zero-order chi connectivity index (χ0) is 26.8. The fraction of sp³-hybridized carbons (Fsp3) is 0.875. The maximum absolute atomic E-state index is 9.00. The van der Waals surface area contributed by atoms with Gasteiger partial charge in [-0.3, -0.25) is 14.4 Å². The van der Waals surface area contributed by atoms with E-state index in [0.717, 1.165) is 33.9 Å². The summed E-state index contributed by atoms with van der Waals surface area (Å²) in [6.45, 7) is 11.0. The summed E-state index contributed by atoms with van der Waals surface area (Å²) in [5.41, 5.74) is 10.3. The number of carbonyl (C=O) groups is 3. The first-order valence-electron chi connectivity index (χ1n) is 12.2. The van der Waals surface area contributed by atoms with Crippen LogP contribution in [0.3, 0.4) is 0 Å². The second-order valence-corrected chi connectivity index (χ2v) is 7.42. The molecule has 8 N–H and O–H groups in total. The van der Waals surface area contributed by atoms with E-state index in [2.05, 4.69) is 19.2 Å². The number of hydrogen-bond acceptors (Lipinski definition) is 6. The molecule has 0 spiro atoms. The Kier molecular flexibility index (Phi) is 55.4. The SMILES string of the molecule is CC(=O)O.CC(=O)O.CC(=O)O.CCCCCCCCCCCCCC.NCCNCCN. The average Bonchev–Trinajstić information content (AvgIpc) is 2.69. The lowest BCUT2D eigenvalue weighted by Gasteiger charge is -2.01. The third kappa shape index (κ3) is 137. The molecule has 0 aliphatic heterocycles. The molecule has 0 fully saturated rings. The molecule has 9 heteroatoms. The number of unbranched alkanes of at least 4 members (excludes halogenated alkanes) is 11. The summed E-state index contributed by atoms with van der Waals surface area (Å²) in [4.78, 5) is 27.0. The molecule has 0 aliphatic carbocycles. The molecule has 0 aromatic heterocycles. The molecule has 0 aliphatic rings. The topological polar surface area (TPSA) is 176 Å². The maximum atomic E-state index is 9.00. The Morgan fingerprint density at radius 2 is 0.727 bits per heavy atom. The summed E-state index contributed by atoms with van der Waals surface area (Å²) in [7, 11) is 0. The first-order chi connectivity index (χ1) is 15.5. The summed E-state index contributed by atoms with van der Waals surface area (Å²) in [6.07, 6.45) is 17.4. The molecular formula is C24H55N3O6. The van der Waals surface area contributed by atoms with Crippen LogP contribution < -0.4 is 16.8 Å². The lowest BCUT2D eigenvalue weighted by Crippen LogP contribution is -2.27. The number of hydrogen-bond donors (Lipinski definition) is 6. The first kappa shape index (κ1) is 41.5. The van der Waals surface area contributed by atoms with Crippen molar-refractivity contribution in [2.75, 3.05) is 26.2 Å². The predicted octanol–water partition coefficient (Wildman–Crippen LogP) is 4.47. The first-order valence-corrected chi connectivity index (χ1v) is 12.2. The van der Waals surface area contributed by atoms with E-state index in [9.17, 15) is 0 Å². The van der Waals surface area contributed by atoms with Crippen LogP contribution in [0.15, 0.2) is 0 Å². The molecule has 0 radical (unpaired) electrons. The van der Waals surface area contributed by atoms with Gasteiger partial charge in [0.25, 0.3) is 17.9 Å². The van der Waals surface area contributed by atoms with Crippen LogP contribution in [-0.2, 0) is 14.4 Å². The van der Waals surface area contributed by atoms with Crippen LogP contribution in [0.1, 0.15) is 112 Å². The Bertz CT molecular complexity index is 327. The van der Waals surface area contributed by atoms with E-state index in [4.69, 9.17) is 41.2 Å². The van der Waals surface area contributed by atoms with Crippen molar-refractivity contribution in [2.24, 2.45) is 11.5 Å². The van der Waals surface area contributed by atoms with E-state index in [1.807, 2.05) is 0 Å². The molecule has 0 atom stereocenters. The van der Waals surface area contributed by atoms with Gasteiger partial charge < -0.3 is 32.1 Å². The molecule has 0 rings (SSSR count). The molecule has 0 aromatic carbocycles. The van der Waals surface area contributed by atoms with Gasteiger partial charge in [0.2, 0.25) is 0 Å². The third-order valence-corrected chi connectivity index (χ3v) is 3.60. The molecule has 202 valence electrons. The third-order valence-electron chi connectivity index (χ3n) is 3.60. The van der Waals surface area contributed by atoms with E-state index < -0.39 is 17.9 Å². The Morgan fingerprint density at radius 3 is 0.879 bits per heavy atom. The van der Waals surface area contributed by atoms with Crippen LogP contribution in [0.2, 0.25) is 0 Å². The molecule has 0 heterocycles. The summed E-state index contributed by atoms with van der Waals surface area (Å²) in [6, 6.07) is 0. The minimum absolute atomic E-state index is 0.694. The van der Waals surface area contributed by atoms with Gasteiger partial charge >= 0.3 is 0 Å². The zero-order valence-corrected chi connectivity index (χ0v) is 22.0. The Morgan fingerprint density at radius 1 is 0.545 bits per heavy atom. The Labute approximate surface area is 202 Å². The van der Waals surface area contributed by atoms with Gasteiger partial charge in [-0.25, -0.2) is 0 Å². The van der Waals surface area contributed by atoms with Gasteiger partial charge in [0.1, 0.15) is 0 Å². The summed E-state index contributed by atoms with van der Waals surface area (Å²) in [5, 5.41) is 25.3. The van der Waals surface area contributed by atoms with E-state index in [1.165, 1.54) is 77.0 Å². The Balaban J connectivity index is -0.000000114. The molecule has 9 nitrogen and oxygen atoms in total. The van der Waals surface area contributed by atoms with Gasteiger partial charge in [-0.1, -0.05) is 90.9 Å². The number of carboxylic acid groups (broad SMARTS) is 3. The minimum Gasteiger partial charge on any atom is -0.481 e. The van der Waals surface area contributed by atoms with Crippen LogP contribution in [-0.4, -0.2) is 59.4 Å². The minimum atomic E-state index is -0.833. The monoisotopic (exact) mass is 481 g/mol. The lowest BCUT2D eigenvalue weighted by molar-refractivity contribution is -0.135. The van der Waals surface area contributed by atoms with E-state index >= 15 is 0 Å². The van der Waals surface area contributed by atoms with Crippen molar-refractivity contribution in [3.05, 3.63) is 0 Å². The average molecular weight is 482 g/mol. The van der Waals surface area contributed by atoms with Crippen LogP contribution >= 0.6 is 0 Å². The smallest absolute Gasteiger partial charge is 0.300 e. The highest BCUT2D eigenvalue weighted by Crippen LogP contribution is 2.11. The highest BCUT2D eigenvalue weighted by molar-refractivity contribution is 5.63. The summed E-state index contributed by atoms with van der Waals surface area (Å²) >= 11 is 0. The van der Waals surface area contributed by atoms with Gasteiger partial charge in [-0.05, 0) is 0 Å². The molecule has 0 bridgehead atoms. The fourth-order valence-electron chi connectivity index (χ4n) is 2.24. The number of rotatable bonds is 15. The second kappa shape index (κ2) is 44.0. The maximum Gasteiger partial charge on any atom is 0.300 e.